The molecule has 2 unspecified atom stereocenters. The van der Waals surface area contributed by atoms with Crippen LogP contribution in [-0.2, 0) is 0 Å². The molecule has 1 aliphatic heterocycles. The van der Waals surface area contributed by atoms with Crippen molar-refractivity contribution in [3.05, 3.63) is 33.7 Å². The fourth-order valence-electron chi connectivity index (χ4n) is 3.77. The van der Waals surface area contributed by atoms with E-state index in [-0.39, 0.29) is 11.3 Å². The average Bonchev–Trinajstić information content (AvgIpc) is 2.46. The lowest BCUT2D eigenvalue weighted by atomic mass is 9.78. The van der Waals surface area contributed by atoms with Crippen LogP contribution < -0.4 is 5.43 Å². The highest BCUT2D eigenvalue weighted by Crippen LogP contribution is 2.35. The predicted molar refractivity (Wildman–Crippen MR) is 77.8 cm³/mol. The fourth-order valence-corrected chi connectivity index (χ4v) is 3.77. The van der Waals surface area contributed by atoms with Gasteiger partial charge in [-0.3, -0.25) is 9.59 Å². The number of likely N-dealkylation sites (tertiary alicyclic amines) is 1. The molecule has 2 aliphatic rings. The number of carbonyl (C=O) groups is 1. The van der Waals surface area contributed by atoms with E-state index in [9.17, 15) is 9.59 Å². The summed E-state index contributed by atoms with van der Waals surface area (Å²) in [6.45, 7) is 2.63. The minimum Gasteiger partial charge on any atom is -0.364 e. The summed E-state index contributed by atoms with van der Waals surface area (Å²) in [4.78, 5) is 29.7. The first kappa shape index (κ1) is 13.4. The zero-order valence-electron chi connectivity index (χ0n) is 12.0. The van der Waals surface area contributed by atoms with E-state index in [1.165, 1.54) is 31.7 Å². The van der Waals surface area contributed by atoms with Gasteiger partial charge in [0.15, 0.2) is 5.43 Å². The number of aromatic amines is 1. The van der Waals surface area contributed by atoms with E-state index in [2.05, 4.69) is 4.98 Å². The number of H-pyrrole nitrogens is 1. The summed E-state index contributed by atoms with van der Waals surface area (Å²) >= 11 is 0. The van der Waals surface area contributed by atoms with Crippen LogP contribution in [0.1, 0.15) is 54.6 Å². The Morgan fingerprint density at radius 1 is 1.25 bits per heavy atom. The molecule has 3 rings (SSSR count). The number of fused-ring (bicyclic) bond motifs is 1. The zero-order valence-corrected chi connectivity index (χ0v) is 12.0. The molecule has 1 aliphatic carbocycles. The van der Waals surface area contributed by atoms with Gasteiger partial charge in [0.2, 0.25) is 0 Å². The van der Waals surface area contributed by atoms with Crippen LogP contribution in [0.5, 0.6) is 0 Å². The topological polar surface area (TPSA) is 53.2 Å². The monoisotopic (exact) mass is 274 g/mol. The van der Waals surface area contributed by atoms with E-state index in [1.807, 2.05) is 11.8 Å². The zero-order chi connectivity index (χ0) is 14.1. The lowest BCUT2D eigenvalue weighted by molar-refractivity contribution is 0.0389. The van der Waals surface area contributed by atoms with Gasteiger partial charge in [-0.15, -0.1) is 0 Å². The molecular formula is C16H22N2O2. The summed E-state index contributed by atoms with van der Waals surface area (Å²) < 4.78 is 0. The molecule has 4 nitrogen and oxygen atoms in total. The highest BCUT2D eigenvalue weighted by atomic mass is 16.2. The van der Waals surface area contributed by atoms with E-state index in [4.69, 9.17) is 0 Å². The highest BCUT2D eigenvalue weighted by molar-refractivity contribution is 5.94. The summed E-state index contributed by atoms with van der Waals surface area (Å²) in [7, 11) is 0. The van der Waals surface area contributed by atoms with Crippen LogP contribution in [-0.4, -0.2) is 28.4 Å². The minimum atomic E-state index is -0.163. The molecule has 4 heteroatoms. The number of aryl methyl sites for hydroxylation is 1. The standard InChI is InChI=1S/C16H22N2O2/c1-11-9-15(19)13(10-17-11)16(20)18-8-4-6-12-5-2-3-7-14(12)18/h9-10,12,14H,2-8H2,1H3,(H,17,19). The van der Waals surface area contributed by atoms with E-state index < -0.39 is 0 Å². The Kier molecular flexibility index (Phi) is 3.64. The molecule has 0 spiro atoms. The van der Waals surface area contributed by atoms with Crippen LogP contribution in [0, 0.1) is 12.8 Å². The number of aromatic nitrogens is 1. The van der Waals surface area contributed by atoms with Gasteiger partial charge in [-0.2, -0.15) is 0 Å². The molecule has 108 valence electrons. The molecule has 2 heterocycles. The lowest BCUT2D eigenvalue weighted by Gasteiger charge is -2.44. The summed E-state index contributed by atoms with van der Waals surface area (Å²) in [6, 6.07) is 1.86. The van der Waals surface area contributed by atoms with Gasteiger partial charge < -0.3 is 9.88 Å². The normalized spacial score (nSPS) is 26.1. The maximum atomic E-state index is 12.7. The molecular weight excluding hydrogens is 252 g/mol. The Labute approximate surface area is 119 Å². The Morgan fingerprint density at radius 3 is 2.80 bits per heavy atom. The fraction of sp³-hybridized carbons (Fsp3) is 0.625. The third-order valence-corrected chi connectivity index (χ3v) is 4.79. The molecule has 2 fully saturated rings. The molecule has 1 saturated carbocycles. The number of carbonyl (C=O) groups excluding carboxylic acids is 1. The van der Waals surface area contributed by atoms with Gasteiger partial charge in [0, 0.05) is 30.5 Å². The second kappa shape index (κ2) is 5.43. The van der Waals surface area contributed by atoms with Crippen LogP contribution in [0.15, 0.2) is 17.1 Å². The summed E-state index contributed by atoms with van der Waals surface area (Å²) in [5.74, 6) is 0.564. The molecule has 1 N–H and O–H groups in total. The first-order valence-corrected chi connectivity index (χ1v) is 7.67. The first-order chi connectivity index (χ1) is 9.66. The van der Waals surface area contributed by atoms with Crippen molar-refractivity contribution in [1.29, 1.82) is 0 Å². The smallest absolute Gasteiger partial charge is 0.259 e. The molecule has 1 aromatic heterocycles. The highest BCUT2D eigenvalue weighted by Gasteiger charge is 2.36. The quantitative estimate of drug-likeness (QED) is 0.855. The third kappa shape index (κ3) is 2.39. The number of hydrogen-bond donors (Lipinski definition) is 1. The van der Waals surface area contributed by atoms with Crippen LogP contribution >= 0.6 is 0 Å². The minimum absolute atomic E-state index is 0.0807. The number of pyridine rings is 1. The van der Waals surface area contributed by atoms with Crippen molar-refractivity contribution in [3.8, 4) is 0 Å². The van der Waals surface area contributed by atoms with E-state index in [1.54, 1.807) is 6.20 Å². The second-order valence-electron chi connectivity index (χ2n) is 6.15. The number of hydrogen-bond acceptors (Lipinski definition) is 2. The van der Waals surface area contributed by atoms with Gasteiger partial charge in [0.1, 0.15) is 5.56 Å². The molecule has 0 bridgehead atoms. The summed E-state index contributed by atoms with van der Waals surface area (Å²) in [5.41, 5.74) is 0.923. The summed E-state index contributed by atoms with van der Waals surface area (Å²) in [6.07, 6.45) is 8.70. The molecule has 2 atom stereocenters. The maximum absolute atomic E-state index is 12.7. The van der Waals surface area contributed by atoms with Gasteiger partial charge in [0.05, 0.1) is 0 Å². The van der Waals surface area contributed by atoms with Gasteiger partial charge in [-0.1, -0.05) is 12.8 Å². The SMILES string of the molecule is Cc1cc(=O)c(C(=O)N2CCCC3CCCCC32)c[nH]1. The lowest BCUT2D eigenvalue weighted by Crippen LogP contribution is -2.50. The van der Waals surface area contributed by atoms with Crippen molar-refractivity contribution in [3.63, 3.8) is 0 Å². The van der Waals surface area contributed by atoms with Crippen molar-refractivity contribution < 1.29 is 4.79 Å². The van der Waals surface area contributed by atoms with Crippen LogP contribution in [0.3, 0.4) is 0 Å². The Bertz CT molecular complexity index is 562. The molecule has 1 amide bonds. The number of nitrogens with one attached hydrogen (secondary N) is 1. The largest absolute Gasteiger partial charge is 0.364 e. The van der Waals surface area contributed by atoms with Crippen molar-refractivity contribution in [2.45, 2.75) is 51.5 Å². The molecule has 0 radical (unpaired) electrons. The molecule has 1 saturated heterocycles. The van der Waals surface area contributed by atoms with Gasteiger partial charge >= 0.3 is 0 Å². The number of nitrogens with zero attached hydrogens (tertiary/aromatic N) is 1. The van der Waals surface area contributed by atoms with Crippen molar-refractivity contribution in [2.24, 2.45) is 5.92 Å². The number of rotatable bonds is 1. The molecule has 1 aromatic rings. The van der Waals surface area contributed by atoms with Gasteiger partial charge in [-0.25, -0.2) is 0 Å². The van der Waals surface area contributed by atoms with Gasteiger partial charge in [-0.05, 0) is 38.5 Å². The average molecular weight is 274 g/mol. The van der Waals surface area contributed by atoms with Gasteiger partial charge in [0.25, 0.3) is 5.91 Å². The van der Waals surface area contributed by atoms with Crippen molar-refractivity contribution >= 4 is 5.91 Å². The van der Waals surface area contributed by atoms with Crippen LogP contribution in [0.4, 0.5) is 0 Å². The van der Waals surface area contributed by atoms with Crippen molar-refractivity contribution in [1.82, 2.24) is 9.88 Å². The Hall–Kier alpha value is -1.58. The van der Waals surface area contributed by atoms with E-state index in [0.717, 1.165) is 25.1 Å². The van der Waals surface area contributed by atoms with E-state index >= 15 is 0 Å². The summed E-state index contributed by atoms with van der Waals surface area (Å²) in [5, 5.41) is 0. The third-order valence-electron chi connectivity index (χ3n) is 4.79. The number of amides is 1. The van der Waals surface area contributed by atoms with Crippen LogP contribution in [0.2, 0.25) is 0 Å². The number of piperidine rings is 1. The Balaban J connectivity index is 1.87. The Morgan fingerprint density at radius 2 is 2.00 bits per heavy atom. The molecule has 20 heavy (non-hydrogen) atoms. The first-order valence-electron chi connectivity index (χ1n) is 7.67. The maximum Gasteiger partial charge on any atom is 0.259 e. The predicted octanol–water partition coefficient (Wildman–Crippen LogP) is 2.48. The molecule has 0 aromatic carbocycles. The van der Waals surface area contributed by atoms with Crippen LogP contribution in [0.25, 0.3) is 0 Å². The van der Waals surface area contributed by atoms with E-state index in [0.29, 0.717) is 17.5 Å². The van der Waals surface area contributed by atoms with Crippen molar-refractivity contribution in [2.75, 3.05) is 6.54 Å². The second-order valence-corrected chi connectivity index (χ2v) is 6.15.